The van der Waals surface area contributed by atoms with Crippen LogP contribution in [0.15, 0.2) is 0 Å². The minimum absolute atomic E-state index is 0.466. The first-order chi connectivity index (χ1) is 5.81. The highest BCUT2D eigenvalue weighted by molar-refractivity contribution is 5.79. The van der Waals surface area contributed by atoms with Gasteiger partial charge in [0.15, 0.2) is 0 Å². The largest absolute Gasteiger partial charge is 0.381 e. The molecule has 2 heteroatoms. The Labute approximate surface area is 73.3 Å². The van der Waals surface area contributed by atoms with Crippen molar-refractivity contribution in [3.8, 4) is 0 Å². The van der Waals surface area contributed by atoms with Gasteiger partial charge in [0.1, 0.15) is 5.78 Å². The highest BCUT2D eigenvalue weighted by atomic mass is 16.5. The van der Waals surface area contributed by atoms with Crippen LogP contribution in [0, 0.1) is 11.8 Å². The van der Waals surface area contributed by atoms with Crippen molar-refractivity contribution < 1.29 is 9.53 Å². The van der Waals surface area contributed by atoms with Crippen molar-refractivity contribution in [2.24, 2.45) is 11.8 Å². The second-order valence-electron chi connectivity index (χ2n) is 4.07. The van der Waals surface area contributed by atoms with Gasteiger partial charge in [-0.2, -0.15) is 0 Å². The van der Waals surface area contributed by atoms with Crippen LogP contribution in [-0.2, 0) is 9.53 Å². The third-order valence-electron chi connectivity index (χ3n) is 3.21. The molecule has 2 rings (SSSR count). The third kappa shape index (κ3) is 1.53. The molecule has 0 aromatic carbocycles. The number of rotatable bonds is 2. The summed E-state index contributed by atoms with van der Waals surface area (Å²) in [6.07, 6.45) is 5.66. The van der Waals surface area contributed by atoms with Crippen LogP contribution in [0.5, 0.6) is 0 Å². The molecule has 12 heavy (non-hydrogen) atoms. The molecule has 0 aromatic rings. The van der Waals surface area contributed by atoms with Crippen molar-refractivity contribution in [2.75, 3.05) is 7.11 Å². The van der Waals surface area contributed by atoms with Crippen molar-refractivity contribution in [3.05, 3.63) is 0 Å². The zero-order valence-corrected chi connectivity index (χ0v) is 7.58. The fourth-order valence-electron chi connectivity index (χ4n) is 2.38. The normalized spacial score (nSPS) is 41.4. The Morgan fingerprint density at radius 1 is 1.50 bits per heavy atom. The summed E-state index contributed by atoms with van der Waals surface area (Å²) in [6, 6.07) is 0. The molecule has 0 heterocycles. The van der Waals surface area contributed by atoms with Gasteiger partial charge in [0.05, 0.1) is 6.10 Å². The fraction of sp³-hybridized carbons (Fsp3) is 0.900. The molecule has 0 radical (unpaired) electrons. The van der Waals surface area contributed by atoms with Crippen molar-refractivity contribution in [3.63, 3.8) is 0 Å². The third-order valence-corrected chi connectivity index (χ3v) is 3.21. The minimum atomic E-state index is 0.466. The van der Waals surface area contributed by atoms with E-state index in [0.29, 0.717) is 23.7 Å². The Balaban J connectivity index is 1.84. The number of carbonyl (C=O) groups excluding carboxylic acids is 1. The van der Waals surface area contributed by atoms with Crippen molar-refractivity contribution in [2.45, 2.75) is 38.2 Å². The molecule has 0 aromatic heterocycles. The molecule has 68 valence electrons. The van der Waals surface area contributed by atoms with E-state index in [4.69, 9.17) is 4.74 Å². The van der Waals surface area contributed by atoms with Gasteiger partial charge in [-0.3, -0.25) is 4.79 Å². The summed E-state index contributed by atoms with van der Waals surface area (Å²) in [5, 5.41) is 0. The predicted molar refractivity (Wildman–Crippen MR) is 45.9 cm³/mol. The molecule has 2 fully saturated rings. The maximum atomic E-state index is 11.2. The second kappa shape index (κ2) is 3.17. The molecule has 0 spiro atoms. The van der Waals surface area contributed by atoms with Crippen LogP contribution in [0.25, 0.3) is 0 Å². The lowest BCUT2D eigenvalue weighted by Gasteiger charge is -2.20. The first kappa shape index (κ1) is 8.24. The Bertz CT molecular complexity index is 188. The number of hydrogen-bond acceptors (Lipinski definition) is 2. The summed E-state index contributed by atoms with van der Waals surface area (Å²) in [5.74, 6) is 1.82. The maximum Gasteiger partial charge on any atom is 0.133 e. The highest BCUT2D eigenvalue weighted by Crippen LogP contribution is 2.45. The van der Waals surface area contributed by atoms with E-state index in [9.17, 15) is 4.79 Å². The average molecular weight is 168 g/mol. The van der Waals surface area contributed by atoms with E-state index in [-0.39, 0.29) is 0 Å². The van der Waals surface area contributed by atoms with Crippen LogP contribution in [0.3, 0.4) is 0 Å². The fourth-order valence-corrected chi connectivity index (χ4v) is 2.38. The first-order valence-electron chi connectivity index (χ1n) is 4.85. The molecule has 0 N–H and O–H groups in total. The number of ketones is 1. The van der Waals surface area contributed by atoms with E-state index in [0.717, 1.165) is 19.3 Å². The smallest absolute Gasteiger partial charge is 0.133 e. The Hall–Kier alpha value is -0.370. The molecule has 0 amide bonds. The maximum absolute atomic E-state index is 11.2. The molecule has 0 bridgehead atoms. The van der Waals surface area contributed by atoms with E-state index in [1.807, 2.05) is 0 Å². The zero-order valence-electron chi connectivity index (χ0n) is 7.58. The molecular weight excluding hydrogens is 152 g/mol. The Kier molecular flexibility index (Phi) is 2.18. The molecule has 0 saturated heterocycles. The van der Waals surface area contributed by atoms with Crippen LogP contribution in [-0.4, -0.2) is 19.0 Å². The van der Waals surface area contributed by atoms with Crippen LogP contribution >= 0.6 is 0 Å². The van der Waals surface area contributed by atoms with Crippen molar-refractivity contribution >= 4 is 5.78 Å². The summed E-state index contributed by atoms with van der Waals surface area (Å²) < 4.78 is 5.25. The zero-order chi connectivity index (χ0) is 8.55. The van der Waals surface area contributed by atoms with Gasteiger partial charge < -0.3 is 4.74 Å². The molecule has 0 aliphatic heterocycles. The van der Waals surface area contributed by atoms with E-state index < -0.39 is 0 Å². The number of ether oxygens (including phenoxy) is 1. The molecule has 3 atom stereocenters. The predicted octanol–water partition coefficient (Wildman–Crippen LogP) is 1.78. The van der Waals surface area contributed by atoms with Gasteiger partial charge in [-0.1, -0.05) is 0 Å². The van der Waals surface area contributed by atoms with Crippen molar-refractivity contribution in [1.82, 2.24) is 0 Å². The van der Waals surface area contributed by atoms with Gasteiger partial charge in [0, 0.05) is 20.0 Å². The minimum Gasteiger partial charge on any atom is -0.381 e. The van der Waals surface area contributed by atoms with Gasteiger partial charge in [-0.05, 0) is 31.1 Å². The Morgan fingerprint density at radius 2 is 2.33 bits per heavy atom. The van der Waals surface area contributed by atoms with E-state index in [1.165, 1.54) is 12.8 Å². The molecule has 2 aliphatic carbocycles. The number of carbonyl (C=O) groups is 1. The first-order valence-corrected chi connectivity index (χ1v) is 4.85. The van der Waals surface area contributed by atoms with Crippen LogP contribution in [0.2, 0.25) is 0 Å². The lowest BCUT2D eigenvalue weighted by Crippen LogP contribution is -2.18. The number of hydrogen-bond donors (Lipinski definition) is 0. The van der Waals surface area contributed by atoms with E-state index >= 15 is 0 Å². The quantitative estimate of drug-likeness (QED) is 0.628. The topological polar surface area (TPSA) is 26.3 Å². The summed E-state index contributed by atoms with van der Waals surface area (Å²) >= 11 is 0. The van der Waals surface area contributed by atoms with Gasteiger partial charge >= 0.3 is 0 Å². The van der Waals surface area contributed by atoms with Gasteiger partial charge in [-0.25, -0.2) is 0 Å². The molecule has 2 saturated carbocycles. The molecule has 2 aliphatic rings. The van der Waals surface area contributed by atoms with Gasteiger partial charge in [-0.15, -0.1) is 0 Å². The summed E-state index contributed by atoms with van der Waals surface area (Å²) in [7, 11) is 1.77. The summed E-state index contributed by atoms with van der Waals surface area (Å²) in [4.78, 5) is 11.2. The lowest BCUT2D eigenvalue weighted by atomic mass is 9.85. The molecular formula is C10H16O2. The number of Topliss-reactive ketones (excluding diaryl/α,β-unsaturated/α-hetero) is 1. The van der Waals surface area contributed by atoms with Gasteiger partial charge in [0.25, 0.3) is 0 Å². The second-order valence-corrected chi connectivity index (χ2v) is 4.07. The van der Waals surface area contributed by atoms with E-state index in [1.54, 1.807) is 7.11 Å². The molecule has 2 nitrogen and oxygen atoms in total. The van der Waals surface area contributed by atoms with Crippen LogP contribution in [0.1, 0.15) is 32.1 Å². The summed E-state index contributed by atoms with van der Waals surface area (Å²) in [6.45, 7) is 0. The van der Waals surface area contributed by atoms with Crippen LogP contribution < -0.4 is 0 Å². The summed E-state index contributed by atoms with van der Waals surface area (Å²) in [5.41, 5.74) is 0. The molecule has 3 unspecified atom stereocenters. The van der Waals surface area contributed by atoms with Gasteiger partial charge in [0.2, 0.25) is 0 Å². The SMILES string of the molecule is COC1CC1C1CCCC(=O)C1. The average Bonchev–Trinajstić information content (AvgIpc) is 2.83. The lowest BCUT2D eigenvalue weighted by molar-refractivity contribution is -0.121. The standard InChI is InChI=1S/C10H16O2/c1-12-10-6-9(10)7-3-2-4-8(11)5-7/h7,9-10H,2-6H2,1H3. The Morgan fingerprint density at radius 3 is 2.92 bits per heavy atom. The highest BCUT2D eigenvalue weighted by Gasteiger charge is 2.44. The number of methoxy groups -OCH3 is 1. The van der Waals surface area contributed by atoms with Crippen LogP contribution in [0.4, 0.5) is 0 Å². The van der Waals surface area contributed by atoms with E-state index in [2.05, 4.69) is 0 Å². The monoisotopic (exact) mass is 168 g/mol. The van der Waals surface area contributed by atoms with Crippen molar-refractivity contribution in [1.29, 1.82) is 0 Å².